The number of amides is 3. The molecule has 2 atom stereocenters. The normalized spacial score (nSPS) is 17.3. The van der Waals surface area contributed by atoms with Crippen molar-refractivity contribution in [2.45, 2.75) is 44.3 Å². The van der Waals surface area contributed by atoms with Gasteiger partial charge in [0.25, 0.3) is 17.7 Å². The summed E-state index contributed by atoms with van der Waals surface area (Å²) in [6, 6.07) is -0.277. The number of thioether (sulfide) groups is 1. The number of aliphatic carboxylic acids is 2. The van der Waals surface area contributed by atoms with Crippen molar-refractivity contribution in [1.29, 1.82) is 0 Å². The van der Waals surface area contributed by atoms with E-state index in [1.165, 1.54) is 23.8 Å². The fraction of sp³-hybridized carbons (Fsp3) is 0.300. The first kappa shape index (κ1) is 37.1. The van der Waals surface area contributed by atoms with Gasteiger partial charge in [-0.15, -0.1) is 23.1 Å². The zero-order valence-corrected chi connectivity index (χ0v) is 28.8. The average molecular weight is 760 g/mol. The van der Waals surface area contributed by atoms with Crippen LogP contribution in [-0.4, -0.2) is 111 Å². The van der Waals surface area contributed by atoms with Crippen LogP contribution in [0.25, 0.3) is 10.9 Å². The van der Waals surface area contributed by atoms with E-state index in [-0.39, 0.29) is 34.2 Å². The van der Waals surface area contributed by atoms with Crippen molar-refractivity contribution in [3.8, 4) is 11.5 Å². The van der Waals surface area contributed by atoms with Gasteiger partial charge in [0, 0.05) is 36.5 Å². The van der Waals surface area contributed by atoms with Gasteiger partial charge in [-0.2, -0.15) is 0 Å². The lowest BCUT2D eigenvalue weighted by molar-refractivity contribution is -0.161. The van der Waals surface area contributed by atoms with Crippen LogP contribution in [0.15, 0.2) is 38.9 Å². The summed E-state index contributed by atoms with van der Waals surface area (Å²) >= 11 is 2.00. The minimum Gasteiger partial charge on any atom is -0.504 e. The van der Waals surface area contributed by atoms with Gasteiger partial charge in [0.1, 0.15) is 33.9 Å². The number of β-lactam (4-membered cyclic amide) rings is 1. The van der Waals surface area contributed by atoms with E-state index in [1.54, 1.807) is 6.92 Å². The third kappa shape index (κ3) is 6.55. The number of carbonyl (C=O) groups is 6. The second-order valence-corrected chi connectivity index (χ2v) is 13.7. The number of aryl methyl sites for hydroxylation is 1. The Balaban J connectivity index is 1.38. The van der Waals surface area contributed by atoms with Gasteiger partial charge < -0.3 is 51.3 Å². The Morgan fingerprint density at radius 1 is 1.13 bits per heavy atom. The zero-order chi connectivity index (χ0) is 38.4. The maximum Gasteiger partial charge on any atom is 0.352 e. The van der Waals surface area contributed by atoms with Gasteiger partial charge in [-0.1, -0.05) is 5.16 Å². The molecule has 2 aliphatic heterocycles. The summed E-state index contributed by atoms with van der Waals surface area (Å²) in [5.41, 5.74) is 0.248. The number of thiazole rings is 1. The van der Waals surface area contributed by atoms with Crippen molar-refractivity contribution in [3.05, 3.63) is 56.0 Å². The summed E-state index contributed by atoms with van der Waals surface area (Å²) in [5.74, 6) is -9.42. The largest absolute Gasteiger partial charge is 0.504 e. The molecule has 3 amide bonds. The van der Waals surface area contributed by atoms with E-state index in [1.807, 2.05) is 0 Å². The molecule has 1 unspecified atom stereocenters. The van der Waals surface area contributed by atoms with Crippen molar-refractivity contribution in [2.75, 3.05) is 18.0 Å². The number of nitrogens with zero attached hydrogens (tertiary/aromatic N) is 4. The summed E-state index contributed by atoms with van der Waals surface area (Å²) in [6.07, 6.45) is 1.12. The molecule has 0 spiro atoms. The molecule has 20 nitrogen and oxygen atoms in total. The number of anilines is 1. The molecule has 3 aromatic rings. The predicted octanol–water partition coefficient (Wildman–Crippen LogP) is -0.0780. The molecular weight excluding hydrogens is 731 g/mol. The van der Waals surface area contributed by atoms with E-state index < -0.39 is 104 Å². The third-order valence-electron chi connectivity index (χ3n) is 7.98. The molecule has 0 aliphatic carbocycles. The maximum absolute atomic E-state index is 13.4. The Morgan fingerprint density at radius 3 is 2.40 bits per heavy atom. The lowest BCUT2D eigenvalue weighted by atomic mass is 10.0. The Morgan fingerprint density at radius 2 is 1.83 bits per heavy atom. The second kappa shape index (κ2) is 13.9. The molecule has 9 N–H and O–H groups in total. The van der Waals surface area contributed by atoms with Gasteiger partial charge in [-0.3, -0.25) is 24.1 Å². The van der Waals surface area contributed by atoms with E-state index in [0.717, 1.165) is 40.3 Å². The van der Waals surface area contributed by atoms with Crippen LogP contribution in [0.1, 0.15) is 47.2 Å². The van der Waals surface area contributed by atoms with Crippen molar-refractivity contribution in [2.24, 2.45) is 5.16 Å². The van der Waals surface area contributed by atoms with Crippen molar-refractivity contribution >= 4 is 80.5 Å². The summed E-state index contributed by atoms with van der Waals surface area (Å²) in [4.78, 5) is 99.1. The average Bonchev–Trinajstić information content (AvgIpc) is 3.51. The number of carboxylic acids is 3. The highest BCUT2D eigenvalue weighted by Crippen LogP contribution is 2.40. The number of benzene rings is 1. The molecule has 0 saturated carbocycles. The van der Waals surface area contributed by atoms with Crippen molar-refractivity contribution in [3.63, 3.8) is 0 Å². The first-order chi connectivity index (χ1) is 24.4. The van der Waals surface area contributed by atoms with Gasteiger partial charge in [0.2, 0.25) is 11.0 Å². The predicted molar refractivity (Wildman–Crippen MR) is 182 cm³/mol. The summed E-state index contributed by atoms with van der Waals surface area (Å²) < 4.78 is 1.31. The minimum atomic E-state index is -1.85. The van der Waals surface area contributed by atoms with E-state index in [9.17, 15) is 59.1 Å². The Kier molecular flexibility index (Phi) is 9.89. The van der Waals surface area contributed by atoms with Crippen LogP contribution in [0.4, 0.5) is 5.13 Å². The quantitative estimate of drug-likeness (QED) is 0.0518. The standard InChI is InChI=1S/C30H29N7O13S2/c1-4-36-7-11(20(39)15-13(36)5-14(38)21(40)16(15)26(44)45)22(41)32-6-10-8-51-25-18(24(43)37(25)19(10)27(46)47)34-23(42)17(12-9-52-29(31)33-12)35-50-30(2,3)28(48)49/h5,7,9,18,25,38,40H,4,6,8H2,1-3H3,(H2,31,33)(H,32,41)(H,34,42)(H,44,45)(H,46,47)(H,48,49)/b35-17-/t18?,25-/m1/s1. The molecule has 52 heavy (non-hydrogen) atoms. The number of aromatic nitrogens is 2. The number of phenolic OH excluding ortho intramolecular Hbond substituents is 1. The smallest absolute Gasteiger partial charge is 0.352 e. The number of aromatic hydroxyl groups is 2. The Labute approximate surface area is 299 Å². The van der Waals surface area contributed by atoms with E-state index in [0.29, 0.717) is 0 Å². The highest BCUT2D eigenvalue weighted by Gasteiger charge is 2.54. The molecule has 2 aromatic heterocycles. The number of aromatic carboxylic acids is 1. The molecule has 1 aromatic carbocycles. The topological polar surface area (TPSA) is 313 Å². The first-order valence-corrected chi connectivity index (χ1v) is 16.9. The fourth-order valence-electron chi connectivity index (χ4n) is 5.26. The van der Waals surface area contributed by atoms with Crippen LogP contribution in [-0.2, 0) is 30.6 Å². The number of nitrogens with two attached hydrogens (primary N) is 1. The first-order valence-electron chi connectivity index (χ1n) is 14.9. The van der Waals surface area contributed by atoms with Crippen LogP contribution in [0, 0.1) is 0 Å². The number of pyridine rings is 1. The SMILES string of the molecule is CCn1cc(C(=O)NCC2=C(C(=O)O)N3C(=O)C(NC(=O)/C(=N\OC(C)(C)C(=O)O)c4csc(N)n4)[C@H]3SC2)c(=O)c2c(C(=O)O)c(O)c(O)cc21. The number of hydrogen-bond donors (Lipinski definition) is 8. The van der Waals surface area contributed by atoms with E-state index in [2.05, 4.69) is 20.8 Å². The molecule has 1 fully saturated rings. The second-order valence-electron chi connectivity index (χ2n) is 11.7. The van der Waals surface area contributed by atoms with Crippen LogP contribution in [0.3, 0.4) is 0 Å². The highest BCUT2D eigenvalue weighted by atomic mass is 32.2. The zero-order valence-electron chi connectivity index (χ0n) is 27.2. The van der Waals surface area contributed by atoms with Gasteiger partial charge in [-0.05, 0) is 26.3 Å². The van der Waals surface area contributed by atoms with Crippen molar-refractivity contribution < 1.29 is 59.1 Å². The summed E-state index contributed by atoms with van der Waals surface area (Å²) in [6.45, 7) is 3.64. The number of rotatable bonds is 12. The van der Waals surface area contributed by atoms with Crippen molar-refractivity contribution in [1.82, 2.24) is 25.1 Å². The third-order valence-corrected chi connectivity index (χ3v) is 10.00. The Hall–Kier alpha value is -6.16. The molecule has 274 valence electrons. The Bertz CT molecular complexity index is 2210. The molecule has 4 heterocycles. The van der Waals surface area contributed by atoms with Gasteiger partial charge in [0.15, 0.2) is 22.3 Å². The van der Waals surface area contributed by atoms with Gasteiger partial charge in [0.05, 0.1) is 10.9 Å². The van der Waals surface area contributed by atoms with E-state index >= 15 is 0 Å². The highest BCUT2D eigenvalue weighted by molar-refractivity contribution is 8.00. The van der Waals surface area contributed by atoms with Gasteiger partial charge >= 0.3 is 17.9 Å². The van der Waals surface area contributed by atoms with Gasteiger partial charge in [-0.25, -0.2) is 19.4 Å². The molecule has 1 saturated heterocycles. The van der Waals surface area contributed by atoms with Crippen LogP contribution in [0.5, 0.6) is 11.5 Å². The molecular formula is C30H29N7O13S2. The number of carboxylic acid groups (broad SMARTS) is 3. The van der Waals surface area contributed by atoms with Crippen LogP contribution < -0.4 is 21.8 Å². The van der Waals surface area contributed by atoms with Crippen LogP contribution >= 0.6 is 23.1 Å². The number of nitrogens with one attached hydrogen (secondary N) is 2. The number of nitrogen functional groups attached to an aromatic ring is 1. The maximum atomic E-state index is 13.4. The molecule has 5 rings (SSSR count). The lowest BCUT2D eigenvalue weighted by Gasteiger charge is -2.49. The number of carbonyl (C=O) groups excluding carboxylic acids is 3. The summed E-state index contributed by atoms with van der Waals surface area (Å²) in [5, 5.41) is 57.9. The summed E-state index contributed by atoms with van der Waals surface area (Å²) in [7, 11) is 0. The molecule has 0 radical (unpaired) electrons. The number of oxime groups is 1. The molecule has 0 bridgehead atoms. The fourth-order valence-corrected chi connectivity index (χ4v) is 7.16. The lowest BCUT2D eigenvalue weighted by Crippen LogP contribution is -2.71. The van der Waals surface area contributed by atoms with Crippen LogP contribution in [0.2, 0.25) is 0 Å². The minimum absolute atomic E-state index is 0.0545. The molecule has 2 aliphatic rings. The number of phenols is 2. The monoisotopic (exact) mass is 759 g/mol. The van der Waals surface area contributed by atoms with E-state index in [4.69, 9.17) is 10.6 Å². The number of fused-ring (bicyclic) bond motifs is 2. The number of hydrogen-bond acceptors (Lipinski definition) is 15. The molecule has 22 heteroatoms.